The maximum atomic E-state index is 14.6. The minimum absolute atomic E-state index is 0.134. The lowest BCUT2D eigenvalue weighted by Crippen LogP contribution is -2.57. The number of hydrogen-bond acceptors (Lipinski definition) is 4. The number of aryl methyl sites for hydroxylation is 3. The maximum absolute atomic E-state index is 14.6. The van der Waals surface area contributed by atoms with E-state index in [1.807, 2.05) is 93.6 Å². The molecule has 7 nitrogen and oxygen atoms in total. The molecule has 0 spiro atoms. The van der Waals surface area contributed by atoms with E-state index in [4.69, 9.17) is 4.74 Å². The summed E-state index contributed by atoms with van der Waals surface area (Å²) in [6.45, 7) is 11.2. The monoisotopic (exact) mass is 569 g/mol. The van der Waals surface area contributed by atoms with Gasteiger partial charge in [-0.25, -0.2) is 4.79 Å². The Morgan fingerprint density at radius 3 is 2.12 bits per heavy atom. The van der Waals surface area contributed by atoms with Gasteiger partial charge in [-0.05, 0) is 83.1 Å². The lowest BCUT2D eigenvalue weighted by atomic mass is 9.87. The average molecular weight is 570 g/mol. The number of carbonyl (C=O) groups excluding carboxylic acids is 3. The first-order valence-corrected chi connectivity index (χ1v) is 14.7. The molecule has 0 radical (unpaired) electrons. The molecule has 7 heteroatoms. The molecule has 1 fully saturated rings. The number of alkyl carbamates (subject to hydrolysis) is 1. The van der Waals surface area contributed by atoms with Gasteiger partial charge in [-0.2, -0.15) is 0 Å². The quantitative estimate of drug-likeness (QED) is 0.296. The van der Waals surface area contributed by atoms with E-state index in [2.05, 4.69) is 10.6 Å². The van der Waals surface area contributed by atoms with Gasteiger partial charge in [-0.3, -0.25) is 9.59 Å². The SMILES string of the molecule is Cc1cccc(C(C(=O)Nc2c(C)cccc2C)N(C(=O)C(Cc2ccccc2)NC(=O)OC(C)(C)C)C2CCC2)c1. The van der Waals surface area contributed by atoms with Gasteiger partial charge in [0.15, 0.2) is 0 Å². The predicted molar refractivity (Wildman–Crippen MR) is 166 cm³/mol. The summed E-state index contributed by atoms with van der Waals surface area (Å²) >= 11 is 0. The van der Waals surface area contributed by atoms with Gasteiger partial charge >= 0.3 is 6.09 Å². The number of anilines is 1. The number of nitrogens with one attached hydrogen (secondary N) is 2. The molecule has 0 bridgehead atoms. The molecule has 1 aliphatic rings. The van der Waals surface area contributed by atoms with Crippen LogP contribution in [0.25, 0.3) is 0 Å². The molecule has 0 aromatic heterocycles. The van der Waals surface area contributed by atoms with Crippen LogP contribution in [0, 0.1) is 20.8 Å². The number of hydrogen-bond donors (Lipinski definition) is 2. The Kier molecular flexibility index (Phi) is 9.71. The molecule has 2 N–H and O–H groups in total. The molecule has 0 saturated heterocycles. The van der Waals surface area contributed by atoms with Gasteiger partial charge in [0.1, 0.15) is 17.7 Å². The third kappa shape index (κ3) is 7.78. The highest BCUT2D eigenvalue weighted by Crippen LogP contribution is 2.35. The second-order valence-corrected chi connectivity index (χ2v) is 12.3. The summed E-state index contributed by atoms with van der Waals surface area (Å²) in [5.41, 5.74) is 4.53. The molecule has 222 valence electrons. The van der Waals surface area contributed by atoms with Crippen LogP contribution >= 0.6 is 0 Å². The molecular formula is C35H43N3O4. The molecular weight excluding hydrogens is 526 g/mol. The molecule has 0 heterocycles. The van der Waals surface area contributed by atoms with Crippen LogP contribution in [0.2, 0.25) is 0 Å². The van der Waals surface area contributed by atoms with E-state index in [0.717, 1.165) is 52.8 Å². The molecule has 2 atom stereocenters. The predicted octanol–water partition coefficient (Wildman–Crippen LogP) is 6.81. The number of amides is 3. The van der Waals surface area contributed by atoms with Crippen molar-refractivity contribution in [2.75, 3.05) is 5.32 Å². The smallest absolute Gasteiger partial charge is 0.408 e. The van der Waals surface area contributed by atoms with E-state index in [-0.39, 0.29) is 24.3 Å². The lowest BCUT2D eigenvalue weighted by Gasteiger charge is -2.43. The number of carbonyl (C=O) groups is 3. The standard InChI is InChI=1S/C35H43N3O4/c1-23-13-10-18-27(21-23)31(32(39)37-30-24(2)14-11-15-25(30)3)38(28-19-12-20-28)33(40)29(22-26-16-8-7-9-17-26)36-34(41)42-35(4,5)6/h7-11,13-18,21,28-29,31H,12,19-20,22H2,1-6H3,(H,36,41)(H,37,39). The number of ether oxygens (including phenoxy) is 1. The van der Waals surface area contributed by atoms with Gasteiger partial charge in [0.2, 0.25) is 5.91 Å². The van der Waals surface area contributed by atoms with Gasteiger partial charge in [-0.1, -0.05) is 78.4 Å². The van der Waals surface area contributed by atoms with Gasteiger partial charge in [0.25, 0.3) is 5.91 Å². The highest BCUT2D eigenvalue weighted by atomic mass is 16.6. The second-order valence-electron chi connectivity index (χ2n) is 12.3. The van der Waals surface area contributed by atoms with Gasteiger partial charge in [-0.15, -0.1) is 0 Å². The van der Waals surface area contributed by atoms with Crippen molar-refractivity contribution in [3.63, 3.8) is 0 Å². The molecule has 2 unspecified atom stereocenters. The van der Waals surface area contributed by atoms with Crippen LogP contribution in [0.5, 0.6) is 0 Å². The van der Waals surface area contributed by atoms with Gasteiger partial charge in [0, 0.05) is 18.2 Å². The second kappa shape index (κ2) is 13.2. The van der Waals surface area contributed by atoms with Crippen molar-refractivity contribution in [3.05, 3.63) is 101 Å². The van der Waals surface area contributed by atoms with Crippen LogP contribution in [0.4, 0.5) is 10.5 Å². The van der Waals surface area contributed by atoms with E-state index in [9.17, 15) is 14.4 Å². The van der Waals surface area contributed by atoms with Crippen molar-refractivity contribution < 1.29 is 19.1 Å². The highest BCUT2D eigenvalue weighted by molar-refractivity contribution is 6.00. The largest absolute Gasteiger partial charge is 0.444 e. The molecule has 4 rings (SSSR count). The van der Waals surface area contributed by atoms with Crippen molar-refractivity contribution in [1.29, 1.82) is 0 Å². The normalized spacial score (nSPS) is 14.7. The van der Waals surface area contributed by atoms with E-state index >= 15 is 0 Å². The lowest BCUT2D eigenvalue weighted by molar-refractivity contribution is -0.145. The van der Waals surface area contributed by atoms with Gasteiger partial charge < -0.3 is 20.3 Å². The van der Waals surface area contributed by atoms with E-state index in [1.54, 1.807) is 25.7 Å². The number of nitrogens with zero attached hydrogens (tertiary/aromatic N) is 1. The zero-order chi connectivity index (χ0) is 30.4. The summed E-state index contributed by atoms with van der Waals surface area (Å²) < 4.78 is 5.55. The first kappa shape index (κ1) is 30.8. The summed E-state index contributed by atoms with van der Waals surface area (Å²) in [4.78, 5) is 43.6. The summed E-state index contributed by atoms with van der Waals surface area (Å²) in [5.74, 6) is -0.591. The number of benzene rings is 3. The fraction of sp³-hybridized carbons (Fsp3) is 0.400. The molecule has 1 saturated carbocycles. The first-order valence-electron chi connectivity index (χ1n) is 14.7. The van der Waals surface area contributed by atoms with Crippen LogP contribution < -0.4 is 10.6 Å². The van der Waals surface area contributed by atoms with Crippen LogP contribution in [0.15, 0.2) is 72.8 Å². The Bertz CT molecular complexity index is 1390. The average Bonchev–Trinajstić information content (AvgIpc) is 2.88. The van der Waals surface area contributed by atoms with Crippen molar-refractivity contribution in [2.24, 2.45) is 0 Å². The van der Waals surface area contributed by atoms with E-state index in [0.29, 0.717) is 0 Å². The van der Waals surface area contributed by atoms with Crippen molar-refractivity contribution >= 4 is 23.6 Å². The highest BCUT2D eigenvalue weighted by Gasteiger charge is 2.42. The Balaban J connectivity index is 1.76. The van der Waals surface area contributed by atoms with Crippen molar-refractivity contribution in [2.45, 2.75) is 91.0 Å². The summed E-state index contributed by atoms with van der Waals surface area (Å²) in [5, 5.41) is 6.00. The Labute approximate surface area is 249 Å². The van der Waals surface area contributed by atoms with E-state index in [1.165, 1.54) is 0 Å². The Morgan fingerprint density at radius 2 is 1.55 bits per heavy atom. The first-order chi connectivity index (χ1) is 19.9. The van der Waals surface area contributed by atoms with Crippen LogP contribution in [0.1, 0.15) is 73.9 Å². The summed E-state index contributed by atoms with van der Waals surface area (Å²) in [6.07, 6.45) is 2.14. The molecule has 3 amide bonds. The van der Waals surface area contributed by atoms with Crippen LogP contribution in [-0.4, -0.2) is 40.5 Å². The van der Waals surface area contributed by atoms with Crippen molar-refractivity contribution in [3.8, 4) is 0 Å². The molecule has 0 aliphatic heterocycles. The Hall–Kier alpha value is -4.13. The molecule has 42 heavy (non-hydrogen) atoms. The third-order valence-corrected chi connectivity index (χ3v) is 7.61. The van der Waals surface area contributed by atoms with Crippen LogP contribution in [-0.2, 0) is 20.7 Å². The fourth-order valence-electron chi connectivity index (χ4n) is 5.34. The van der Waals surface area contributed by atoms with Gasteiger partial charge in [0.05, 0.1) is 0 Å². The number of rotatable bonds is 9. The summed E-state index contributed by atoms with van der Waals surface area (Å²) in [6, 6.07) is 21.2. The zero-order valence-corrected chi connectivity index (χ0v) is 25.6. The van der Waals surface area contributed by atoms with Crippen molar-refractivity contribution in [1.82, 2.24) is 10.2 Å². The molecule has 3 aromatic carbocycles. The maximum Gasteiger partial charge on any atom is 0.408 e. The minimum atomic E-state index is -0.928. The Morgan fingerprint density at radius 1 is 0.905 bits per heavy atom. The molecule has 1 aliphatic carbocycles. The minimum Gasteiger partial charge on any atom is -0.444 e. The van der Waals surface area contributed by atoms with E-state index < -0.39 is 23.8 Å². The third-order valence-electron chi connectivity index (χ3n) is 7.61. The summed E-state index contributed by atoms with van der Waals surface area (Å²) in [7, 11) is 0. The molecule has 3 aromatic rings. The topological polar surface area (TPSA) is 87.7 Å². The van der Waals surface area contributed by atoms with Crippen LogP contribution in [0.3, 0.4) is 0 Å². The zero-order valence-electron chi connectivity index (χ0n) is 25.6. The number of para-hydroxylation sites is 1. The fourth-order valence-corrected chi connectivity index (χ4v) is 5.34.